The van der Waals surface area contributed by atoms with Gasteiger partial charge in [0.1, 0.15) is 5.76 Å². The number of aryl methyl sites for hydroxylation is 1. The topological polar surface area (TPSA) is 141 Å². The highest BCUT2D eigenvalue weighted by Crippen LogP contribution is 2.18. The second-order valence-electron chi connectivity index (χ2n) is 4.87. The first kappa shape index (κ1) is 17.5. The molecule has 24 heavy (non-hydrogen) atoms. The molecular weight excluding hydrogens is 338 g/mol. The van der Waals surface area contributed by atoms with Crippen molar-refractivity contribution in [2.24, 2.45) is 0 Å². The van der Waals surface area contributed by atoms with Crippen molar-refractivity contribution in [3.8, 4) is 0 Å². The maximum atomic E-state index is 12.2. The third kappa shape index (κ3) is 4.81. The summed E-state index contributed by atoms with van der Waals surface area (Å²) in [6.45, 7) is 1.63. The van der Waals surface area contributed by atoms with Crippen molar-refractivity contribution in [2.45, 2.75) is 24.7 Å². The van der Waals surface area contributed by atoms with Crippen LogP contribution in [0, 0.1) is 6.92 Å². The van der Waals surface area contributed by atoms with E-state index in [0.717, 1.165) is 0 Å². The van der Waals surface area contributed by atoms with E-state index in [9.17, 15) is 23.1 Å². The molecule has 1 heterocycles. The number of amides is 1. The lowest BCUT2D eigenvalue weighted by molar-refractivity contribution is -0.305. The quantitative estimate of drug-likeness (QED) is 0.727. The van der Waals surface area contributed by atoms with Gasteiger partial charge in [0.05, 0.1) is 4.90 Å². The predicted molar refractivity (Wildman–Crippen MR) is 81.4 cm³/mol. The number of sulfonamides is 1. The number of hydrogen-bond donors (Lipinski definition) is 2. The first-order valence-electron chi connectivity index (χ1n) is 6.82. The molecule has 0 aliphatic heterocycles. The van der Waals surface area contributed by atoms with Crippen LogP contribution in [0.25, 0.3) is 0 Å². The third-order valence-electron chi connectivity index (χ3n) is 2.87. The summed E-state index contributed by atoms with van der Waals surface area (Å²) >= 11 is 0. The second kappa shape index (κ2) is 7.13. The zero-order valence-electron chi connectivity index (χ0n) is 12.6. The SMILES string of the molecule is Cc1cc(NS(=O)(=O)c2ccc(NC(=O)CCC(=O)[O-])cc2)no1. The summed E-state index contributed by atoms with van der Waals surface area (Å²) in [7, 11) is -3.84. The number of nitrogens with one attached hydrogen (secondary N) is 2. The normalized spacial score (nSPS) is 11.0. The lowest BCUT2D eigenvalue weighted by Gasteiger charge is -2.08. The molecule has 10 heteroatoms. The standard InChI is InChI=1S/C14H15N3O6S/c1-9-8-12(16-23-9)17-24(21,22)11-4-2-10(3-5-11)15-13(18)6-7-14(19)20/h2-5,8H,6-7H2,1H3,(H,15,18)(H,16,17)(H,19,20)/p-1. The van der Waals surface area contributed by atoms with Crippen molar-refractivity contribution in [2.75, 3.05) is 10.0 Å². The van der Waals surface area contributed by atoms with Crippen LogP contribution in [0.15, 0.2) is 39.8 Å². The van der Waals surface area contributed by atoms with Crippen molar-refractivity contribution in [1.29, 1.82) is 0 Å². The van der Waals surface area contributed by atoms with Crippen LogP contribution >= 0.6 is 0 Å². The number of aromatic nitrogens is 1. The minimum atomic E-state index is -3.84. The van der Waals surface area contributed by atoms with Crippen LogP contribution in [0.4, 0.5) is 11.5 Å². The molecule has 2 rings (SSSR count). The molecule has 1 aromatic carbocycles. The zero-order valence-corrected chi connectivity index (χ0v) is 13.4. The number of rotatable bonds is 7. The molecule has 2 aromatic rings. The van der Waals surface area contributed by atoms with E-state index in [1.54, 1.807) is 6.92 Å². The van der Waals surface area contributed by atoms with Gasteiger partial charge in [-0.1, -0.05) is 5.16 Å². The summed E-state index contributed by atoms with van der Waals surface area (Å²) in [6, 6.07) is 6.80. The van der Waals surface area contributed by atoms with Gasteiger partial charge in [-0.3, -0.25) is 9.52 Å². The first-order chi connectivity index (χ1) is 11.3. The Morgan fingerprint density at radius 2 is 1.88 bits per heavy atom. The second-order valence-corrected chi connectivity index (χ2v) is 6.56. The minimum Gasteiger partial charge on any atom is -0.550 e. The average molecular weight is 352 g/mol. The molecule has 1 amide bonds. The molecule has 2 N–H and O–H groups in total. The van der Waals surface area contributed by atoms with Crippen molar-refractivity contribution in [3.63, 3.8) is 0 Å². The Morgan fingerprint density at radius 3 is 2.42 bits per heavy atom. The number of benzene rings is 1. The smallest absolute Gasteiger partial charge is 0.263 e. The van der Waals surface area contributed by atoms with Gasteiger partial charge in [0, 0.05) is 24.1 Å². The molecule has 0 spiro atoms. The van der Waals surface area contributed by atoms with Crippen LogP contribution in [0.5, 0.6) is 0 Å². The third-order valence-corrected chi connectivity index (χ3v) is 4.24. The highest BCUT2D eigenvalue weighted by molar-refractivity contribution is 7.92. The lowest BCUT2D eigenvalue weighted by atomic mass is 10.2. The van der Waals surface area contributed by atoms with E-state index in [4.69, 9.17) is 4.52 Å². The summed E-state index contributed by atoms with van der Waals surface area (Å²) in [4.78, 5) is 21.7. The van der Waals surface area contributed by atoms with Gasteiger partial charge in [-0.25, -0.2) is 8.42 Å². The summed E-state index contributed by atoms with van der Waals surface area (Å²) in [5.41, 5.74) is 0.342. The van der Waals surface area contributed by atoms with E-state index in [2.05, 4.69) is 15.2 Å². The van der Waals surface area contributed by atoms with Gasteiger partial charge in [-0.15, -0.1) is 0 Å². The average Bonchev–Trinajstić information content (AvgIpc) is 2.90. The van der Waals surface area contributed by atoms with Gasteiger partial charge in [-0.2, -0.15) is 0 Å². The van der Waals surface area contributed by atoms with Crippen LogP contribution < -0.4 is 15.1 Å². The molecule has 1 aromatic heterocycles. The number of carbonyl (C=O) groups excluding carboxylic acids is 2. The molecule has 0 aliphatic carbocycles. The number of carboxylic acids is 1. The van der Waals surface area contributed by atoms with Crippen LogP contribution in [-0.2, 0) is 19.6 Å². The van der Waals surface area contributed by atoms with Crippen LogP contribution in [0.2, 0.25) is 0 Å². The van der Waals surface area contributed by atoms with E-state index in [1.807, 2.05) is 0 Å². The number of carbonyl (C=O) groups is 2. The summed E-state index contributed by atoms with van der Waals surface area (Å²) < 4.78 is 31.4. The largest absolute Gasteiger partial charge is 0.550 e. The van der Waals surface area contributed by atoms with Crippen LogP contribution in [0.3, 0.4) is 0 Å². The lowest BCUT2D eigenvalue weighted by Crippen LogP contribution is -2.24. The van der Waals surface area contributed by atoms with Gasteiger partial charge in [0.25, 0.3) is 10.0 Å². The monoisotopic (exact) mass is 352 g/mol. The van der Waals surface area contributed by atoms with E-state index in [-0.39, 0.29) is 23.6 Å². The number of carboxylic acid groups (broad SMARTS) is 1. The highest BCUT2D eigenvalue weighted by atomic mass is 32.2. The molecule has 128 valence electrons. The van der Waals surface area contributed by atoms with E-state index >= 15 is 0 Å². The fraction of sp³-hybridized carbons (Fsp3) is 0.214. The van der Waals surface area contributed by atoms with Crippen LogP contribution in [0.1, 0.15) is 18.6 Å². The summed E-state index contributed by atoms with van der Waals surface area (Å²) in [6.07, 6.45) is -0.616. The Morgan fingerprint density at radius 1 is 1.21 bits per heavy atom. The number of anilines is 2. The number of nitrogens with zero attached hydrogens (tertiary/aromatic N) is 1. The molecule has 0 radical (unpaired) electrons. The minimum absolute atomic E-state index is 0.0316. The fourth-order valence-corrected chi connectivity index (χ4v) is 2.75. The van der Waals surface area contributed by atoms with E-state index < -0.39 is 21.9 Å². The molecule has 0 unspecified atom stereocenters. The van der Waals surface area contributed by atoms with Gasteiger partial charge < -0.3 is 19.7 Å². The van der Waals surface area contributed by atoms with Crippen molar-refractivity contribution in [3.05, 3.63) is 36.1 Å². The molecule has 0 bridgehead atoms. The molecule has 0 fully saturated rings. The van der Waals surface area contributed by atoms with E-state index in [0.29, 0.717) is 11.4 Å². The Bertz CT molecular complexity index is 842. The molecule has 0 atom stereocenters. The maximum Gasteiger partial charge on any atom is 0.263 e. The van der Waals surface area contributed by atoms with Gasteiger partial charge >= 0.3 is 0 Å². The van der Waals surface area contributed by atoms with Crippen molar-refractivity contribution < 1.29 is 27.6 Å². The van der Waals surface area contributed by atoms with E-state index in [1.165, 1.54) is 30.3 Å². The van der Waals surface area contributed by atoms with Gasteiger partial charge in [0.2, 0.25) is 5.91 Å². The van der Waals surface area contributed by atoms with Gasteiger partial charge in [-0.05, 0) is 37.6 Å². The molecule has 0 saturated heterocycles. The summed E-state index contributed by atoms with van der Waals surface area (Å²) in [5, 5.41) is 16.3. The molecular formula is C14H14N3O6S-. The molecule has 0 saturated carbocycles. The zero-order chi connectivity index (χ0) is 17.7. The summed E-state index contributed by atoms with van der Waals surface area (Å²) in [5.74, 6) is -1.30. The predicted octanol–water partition coefficient (Wildman–Crippen LogP) is 0.252. The van der Waals surface area contributed by atoms with Crippen LogP contribution in [-0.4, -0.2) is 25.5 Å². The molecule has 0 aliphatic rings. The number of aliphatic carboxylic acids is 1. The fourth-order valence-electron chi connectivity index (χ4n) is 1.77. The van der Waals surface area contributed by atoms with Crippen molar-refractivity contribution in [1.82, 2.24) is 5.16 Å². The Labute approximate surface area is 137 Å². The Hall–Kier alpha value is -2.88. The Kier molecular flexibility index (Phi) is 5.19. The first-order valence-corrected chi connectivity index (χ1v) is 8.30. The Balaban J connectivity index is 2.02. The highest BCUT2D eigenvalue weighted by Gasteiger charge is 2.16. The number of hydrogen-bond acceptors (Lipinski definition) is 7. The van der Waals surface area contributed by atoms with Crippen molar-refractivity contribution >= 4 is 33.4 Å². The molecule has 9 nitrogen and oxygen atoms in total. The van der Waals surface area contributed by atoms with Gasteiger partial charge in [0.15, 0.2) is 5.82 Å². The maximum absolute atomic E-state index is 12.2.